The van der Waals surface area contributed by atoms with Gasteiger partial charge < -0.3 is 9.47 Å². The van der Waals surface area contributed by atoms with Crippen LogP contribution in [0.4, 0.5) is 0 Å². The third-order valence-electron chi connectivity index (χ3n) is 3.28. The Bertz CT molecular complexity index is 547. The summed E-state index contributed by atoms with van der Waals surface area (Å²) in [6, 6.07) is 6.61. The lowest BCUT2D eigenvalue weighted by molar-refractivity contribution is 0.0581. The molecule has 0 radical (unpaired) electrons. The summed E-state index contributed by atoms with van der Waals surface area (Å²) < 4.78 is 10.7. The van der Waals surface area contributed by atoms with Gasteiger partial charge in [-0.3, -0.25) is 4.79 Å². The van der Waals surface area contributed by atoms with Crippen molar-refractivity contribution in [3.8, 4) is 0 Å². The monoisotopic (exact) mass is 274 g/mol. The molecular weight excluding hydrogens is 256 g/mol. The van der Waals surface area contributed by atoms with Gasteiger partial charge in [0.15, 0.2) is 5.78 Å². The molecule has 0 unspecified atom stereocenters. The van der Waals surface area contributed by atoms with Crippen molar-refractivity contribution in [3.05, 3.63) is 47.7 Å². The van der Waals surface area contributed by atoms with Crippen molar-refractivity contribution in [1.82, 2.24) is 0 Å². The van der Waals surface area contributed by atoms with E-state index in [0.717, 1.165) is 6.42 Å². The highest BCUT2D eigenvalue weighted by molar-refractivity contribution is 6.05. The van der Waals surface area contributed by atoms with E-state index in [9.17, 15) is 9.59 Å². The van der Waals surface area contributed by atoms with E-state index >= 15 is 0 Å². The van der Waals surface area contributed by atoms with Crippen LogP contribution in [-0.2, 0) is 9.47 Å². The third-order valence-corrected chi connectivity index (χ3v) is 3.28. The van der Waals surface area contributed by atoms with Gasteiger partial charge in [-0.15, -0.1) is 0 Å². The number of hydrogen-bond acceptors (Lipinski definition) is 4. The van der Waals surface area contributed by atoms with Crippen molar-refractivity contribution in [2.45, 2.75) is 26.4 Å². The molecule has 2 rings (SSSR count). The molecule has 20 heavy (non-hydrogen) atoms. The number of carbonyl (C=O) groups is 2. The van der Waals surface area contributed by atoms with Crippen molar-refractivity contribution in [2.24, 2.45) is 5.92 Å². The molecule has 1 aromatic carbocycles. The first-order chi connectivity index (χ1) is 9.54. The number of rotatable bonds is 6. The van der Waals surface area contributed by atoms with Gasteiger partial charge in [-0.1, -0.05) is 24.8 Å². The topological polar surface area (TPSA) is 52.6 Å². The lowest BCUT2D eigenvalue weighted by Gasteiger charge is -2.09. The van der Waals surface area contributed by atoms with Crippen molar-refractivity contribution < 1.29 is 19.1 Å². The summed E-state index contributed by atoms with van der Waals surface area (Å²) in [5.41, 5.74) is 0.636. The number of esters is 1. The highest BCUT2D eigenvalue weighted by atomic mass is 16.5. The predicted molar refractivity (Wildman–Crippen MR) is 74.5 cm³/mol. The summed E-state index contributed by atoms with van der Waals surface area (Å²) in [5, 5.41) is 0. The smallest absolute Gasteiger partial charge is 0.343 e. The van der Waals surface area contributed by atoms with Gasteiger partial charge in [-0.25, -0.2) is 4.79 Å². The second kappa shape index (κ2) is 6.01. The normalized spacial score (nSPS) is 20.3. The number of carbonyl (C=O) groups excluding carboxylic acids is 2. The molecule has 0 N–H and O–H groups in total. The molecule has 106 valence electrons. The summed E-state index contributed by atoms with van der Waals surface area (Å²) in [6.07, 6.45) is 0.928. The van der Waals surface area contributed by atoms with Crippen LogP contribution in [0.3, 0.4) is 0 Å². The van der Waals surface area contributed by atoms with E-state index in [0.29, 0.717) is 17.9 Å². The Kier molecular flexibility index (Phi) is 4.35. The van der Waals surface area contributed by atoms with Gasteiger partial charge in [0.2, 0.25) is 0 Å². The largest absolute Gasteiger partial charge is 0.428 e. The summed E-state index contributed by atoms with van der Waals surface area (Å²) in [4.78, 5) is 23.6. The van der Waals surface area contributed by atoms with E-state index in [1.54, 1.807) is 24.3 Å². The maximum absolute atomic E-state index is 12.1. The standard InChI is InChI=1S/C16H18O4/c1-4-19-15-9-14(15)11(3)20-16(18)13-8-6-5-7-12(13)10(2)17/h5-8,14-15H,3-4,9H2,1-2H3/t14-,15+/m0/s1. The molecule has 2 atom stereocenters. The number of benzene rings is 1. The first-order valence-corrected chi connectivity index (χ1v) is 6.67. The van der Waals surface area contributed by atoms with Crippen molar-refractivity contribution >= 4 is 11.8 Å². The van der Waals surface area contributed by atoms with Crippen LogP contribution in [0.1, 0.15) is 41.0 Å². The van der Waals surface area contributed by atoms with Gasteiger partial charge >= 0.3 is 5.97 Å². The summed E-state index contributed by atoms with van der Waals surface area (Å²) >= 11 is 0. The van der Waals surface area contributed by atoms with E-state index in [-0.39, 0.29) is 23.4 Å². The minimum Gasteiger partial charge on any atom is -0.428 e. The van der Waals surface area contributed by atoms with Crippen molar-refractivity contribution in [1.29, 1.82) is 0 Å². The first kappa shape index (κ1) is 14.5. The Morgan fingerprint density at radius 3 is 2.55 bits per heavy atom. The van der Waals surface area contributed by atoms with Gasteiger partial charge in [0, 0.05) is 18.1 Å². The molecule has 0 bridgehead atoms. The van der Waals surface area contributed by atoms with E-state index in [1.807, 2.05) is 6.92 Å². The van der Waals surface area contributed by atoms with Crippen LogP contribution in [-0.4, -0.2) is 24.5 Å². The molecule has 1 aliphatic rings. The summed E-state index contributed by atoms with van der Waals surface area (Å²) in [5.74, 6) is -0.222. The highest BCUT2D eigenvalue weighted by Crippen LogP contribution is 2.40. The van der Waals surface area contributed by atoms with Crippen LogP contribution in [0.2, 0.25) is 0 Å². The average Bonchev–Trinajstić information content (AvgIpc) is 3.18. The van der Waals surface area contributed by atoms with Crippen LogP contribution in [0.25, 0.3) is 0 Å². The molecule has 0 heterocycles. The quantitative estimate of drug-likeness (QED) is 0.454. The molecule has 0 saturated heterocycles. The Balaban J connectivity index is 2.03. The molecule has 4 heteroatoms. The summed E-state index contributed by atoms with van der Waals surface area (Å²) in [6.45, 7) is 7.76. The second-order valence-corrected chi connectivity index (χ2v) is 4.79. The van der Waals surface area contributed by atoms with Crippen molar-refractivity contribution in [2.75, 3.05) is 6.61 Å². The third kappa shape index (κ3) is 3.14. The molecule has 0 aromatic heterocycles. The SMILES string of the molecule is C=C(OC(=O)c1ccccc1C(C)=O)[C@@H]1C[C@H]1OCC. The minimum atomic E-state index is -0.539. The number of Topliss-reactive ketones (excluding diaryl/α,β-unsaturated/α-hetero) is 1. The molecule has 1 aliphatic carbocycles. The molecule has 1 aromatic rings. The first-order valence-electron chi connectivity index (χ1n) is 6.67. The van der Waals surface area contributed by atoms with E-state index in [2.05, 4.69) is 6.58 Å². The molecule has 1 saturated carbocycles. The Labute approximate surface area is 118 Å². The van der Waals surface area contributed by atoms with Crippen LogP contribution >= 0.6 is 0 Å². The fraction of sp³-hybridized carbons (Fsp3) is 0.375. The highest BCUT2D eigenvalue weighted by Gasteiger charge is 2.42. The van der Waals surface area contributed by atoms with Crippen LogP contribution < -0.4 is 0 Å². The van der Waals surface area contributed by atoms with Gasteiger partial charge in [0.25, 0.3) is 0 Å². The zero-order chi connectivity index (χ0) is 14.7. The maximum Gasteiger partial charge on any atom is 0.343 e. The fourth-order valence-electron chi connectivity index (χ4n) is 2.13. The van der Waals surface area contributed by atoms with Crippen LogP contribution in [0.15, 0.2) is 36.6 Å². The lowest BCUT2D eigenvalue weighted by Crippen LogP contribution is -2.11. The van der Waals surface area contributed by atoms with Gasteiger partial charge in [-0.05, 0) is 26.3 Å². The Morgan fingerprint density at radius 2 is 1.95 bits per heavy atom. The van der Waals surface area contributed by atoms with Gasteiger partial charge in [0.1, 0.15) is 5.76 Å². The van der Waals surface area contributed by atoms with Gasteiger partial charge in [0.05, 0.1) is 11.7 Å². The minimum absolute atomic E-state index is 0.0726. The van der Waals surface area contributed by atoms with Crippen LogP contribution in [0.5, 0.6) is 0 Å². The molecule has 0 aliphatic heterocycles. The molecule has 1 fully saturated rings. The lowest BCUT2D eigenvalue weighted by atomic mass is 10.0. The second-order valence-electron chi connectivity index (χ2n) is 4.79. The molecule has 0 spiro atoms. The van der Waals surface area contributed by atoms with E-state index < -0.39 is 5.97 Å². The molecular formula is C16H18O4. The Morgan fingerprint density at radius 1 is 1.30 bits per heavy atom. The molecule has 4 nitrogen and oxygen atoms in total. The van der Waals surface area contributed by atoms with E-state index in [1.165, 1.54) is 6.92 Å². The zero-order valence-electron chi connectivity index (χ0n) is 11.7. The van der Waals surface area contributed by atoms with Crippen LogP contribution in [0, 0.1) is 5.92 Å². The van der Waals surface area contributed by atoms with Gasteiger partial charge in [-0.2, -0.15) is 0 Å². The predicted octanol–water partition coefficient (Wildman–Crippen LogP) is 2.98. The zero-order valence-corrected chi connectivity index (χ0v) is 11.7. The van der Waals surface area contributed by atoms with Crippen molar-refractivity contribution in [3.63, 3.8) is 0 Å². The Hall–Kier alpha value is -1.94. The maximum atomic E-state index is 12.1. The summed E-state index contributed by atoms with van der Waals surface area (Å²) in [7, 11) is 0. The average molecular weight is 274 g/mol. The number of ether oxygens (including phenoxy) is 2. The number of ketones is 1. The fourth-order valence-corrected chi connectivity index (χ4v) is 2.13. The van der Waals surface area contributed by atoms with E-state index in [4.69, 9.17) is 9.47 Å². The molecule has 0 amide bonds. The number of hydrogen-bond donors (Lipinski definition) is 0.